The molecule has 6 aromatic rings. The van der Waals surface area contributed by atoms with Crippen LogP contribution in [0.25, 0.3) is 60.6 Å². The molecule has 0 fully saturated rings. The highest BCUT2D eigenvalue weighted by Crippen LogP contribution is 2.44. The van der Waals surface area contributed by atoms with Crippen LogP contribution < -0.4 is 10.4 Å². The molecule has 44 heavy (non-hydrogen) atoms. The molecule has 5 aromatic carbocycles. The lowest BCUT2D eigenvalue weighted by Gasteiger charge is -2.38. The van der Waals surface area contributed by atoms with Gasteiger partial charge >= 0.3 is 11.7 Å². The lowest BCUT2D eigenvalue weighted by molar-refractivity contribution is -0.749. The zero-order valence-corrected chi connectivity index (χ0v) is 24.6. The number of benzene rings is 5. The van der Waals surface area contributed by atoms with Crippen molar-refractivity contribution < 1.29 is 9.48 Å². The summed E-state index contributed by atoms with van der Waals surface area (Å²) in [7, 11) is 6.49. The van der Waals surface area contributed by atoms with Crippen LogP contribution in [-0.2, 0) is 14.1 Å². The quantitative estimate of drug-likeness (QED) is 0.210. The van der Waals surface area contributed by atoms with Gasteiger partial charge in [-0.25, -0.2) is 4.79 Å². The monoisotopic (exact) mass is 580 g/mol. The summed E-state index contributed by atoms with van der Waals surface area (Å²) >= 11 is 0. The Bertz CT molecular complexity index is 2140. The number of hydrogen-bond donors (Lipinski definition) is 0. The lowest BCUT2D eigenvalue weighted by Crippen LogP contribution is -2.54. The molecular formula is C34H28N8O2. The van der Waals surface area contributed by atoms with Gasteiger partial charge in [-0.1, -0.05) is 104 Å². The van der Waals surface area contributed by atoms with Crippen LogP contribution in [-0.4, -0.2) is 50.9 Å². The van der Waals surface area contributed by atoms with Crippen LogP contribution in [0.15, 0.2) is 107 Å². The fourth-order valence-electron chi connectivity index (χ4n) is 5.81. The van der Waals surface area contributed by atoms with E-state index in [1.165, 1.54) is 19.4 Å². The molecule has 0 saturated carbocycles. The van der Waals surface area contributed by atoms with Crippen molar-refractivity contribution in [1.82, 2.24) is 24.9 Å². The van der Waals surface area contributed by atoms with Gasteiger partial charge in [0.15, 0.2) is 0 Å². The number of urea groups is 1. The highest BCUT2D eigenvalue weighted by molar-refractivity contribution is 6.22. The van der Waals surface area contributed by atoms with Gasteiger partial charge in [0.05, 0.1) is 0 Å². The number of nitrogens with zero attached hydrogens (tertiary/aromatic N) is 8. The fourth-order valence-corrected chi connectivity index (χ4v) is 5.81. The minimum absolute atomic E-state index is 0.293. The Morgan fingerprint density at radius 3 is 1.68 bits per heavy atom. The van der Waals surface area contributed by atoms with Crippen molar-refractivity contribution in [3.05, 3.63) is 119 Å². The van der Waals surface area contributed by atoms with Gasteiger partial charge in [0.1, 0.15) is 14.1 Å². The van der Waals surface area contributed by atoms with Gasteiger partial charge in [0.25, 0.3) is 0 Å². The SMILES string of the molecule is CN1N=C(c2cccc(-c3c4ccccc4c(-c4cccc(-c5nn(C)c(=O)[n+](C)n5)c4)c4ccccc34)c2)[N-]N(C)C1=O. The minimum atomic E-state index is -0.293. The number of carbonyl (C=O) groups is 1. The molecule has 1 aromatic heterocycles. The summed E-state index contributed by atoms with van der Waals surface area (Å²) < 4.78 is 2.59. The zero-order chi connectivity index (χ0) is 30.5. The van der Waals surface area contributed by atoms with E-state index in [0.717, 1.165) is 54.9 Å². The van der Waals surface area contributed by atoms with Crippen molar-refractivity contribution in [2.75, 3.05) is 14.1 Å². The average molecular weight is 581 g/mol. The average Bonchev–Trinajstić information content (AvgIpc) is 3.04. The van der Waals surface area contributed by atoms with E-state index in [-0.39, 0.29) is 11.7 Å². The predicted octanol–water partition coefficient (Wildman–Crippen LogP) is 5.25. The Labute approximate surface area is 253 Å². The number of amides is 2. The molecule has 1 aliphatic rings. The number of rotatable bonds is 4. The molecule has 0 unspecified atom stereocenters. The number of carbonyl (C=O) groups excluding carboxylic acids is 1. The Morgan fingerprint density at radius 2 is 1.16 bits per heavy atom. The van der Waals surface area contributed by atoms with Crippen molar-refractivity contribution in [2.24, 2.45) is 19.2 Å². The van der Waals surface area contributed by atoms with Crippen LogP contribution in [0.5, 0.6) is 0 Å². The first-order valence-corrected chi connectivity index (χ1v) is 14.1. The topological polar surface area (TPSA) is 102 Å². The summed E-state index contributed by atoms with van der Waals surface area (Å²) in [6.07, 6.45) is 0. The van der Waals surface area contributed by atoms with Crippen molar-refractivity contribution in [1.29, 1.82) is 0 Å². The van der Waals surface area contributed by atoms with E-state index in [1.54, 1.807) is 28.2 Å². The van der Waals surface area contributed by atoms with E-state index in [9.17, 15) is 9.59 Å². The smallest absolute Gasteiger partial charge is 0.369 e. The molecule has 0 saturated heterocycles. The van der Waals surface area contributed by atoms with Gasteiger partial charge in [-0.15, -0.1) is 0 Å². The highest BCUT2D eigenvalue weighted by atomic mass is 16.2. The number of hydrogen-bond acceptors (Lipinski definition) is 5. The largest absolute Gasteiger partial charge is 0.539 e. The molecule has 0 atom stereocenters. The molecule has 0 radical (unpaired) electrons. The lowest BCUT2D eigenvalue weighted by atomic mass is 9.85. The Balaban J connectivity index is 1.45. The molecular weight excluding hydrogens is 552 g/mol. The zero-order valence-electron chi connectivity index (χ0n) is 24.6. The second-order valence-electron chi connectivity index (χ2n) is 10.7. The van der Waals surface area contributed by atoms with Crippen molar-refractivity contribution >= 4 is 33.4 Å². The minimum Gasteiger partial charge on any atom is -0.369 e. The number of aryl methyl sites for hydroxylation is 2. The molecule has 10 nitrogen and oxygen atoms in total. The molecule has 2 amide bonds. The predicted molar refractivity (Wildman–Crippen MR) is 171 cm³/mol. The summed E-state index contributed by atoms with van der Waals surface area (Å²) in [4.78, 5) is 24.4. The van der Waals surface area contributed by atoms with Gasteiger partial charge in [-0.2, -0.15) is 4.79 Å². The molecule has 0 spiro atoms. The molecule has 0 N–H and O–H groups in total. The summed E-state index contributed by atoms with van der Waals surface area (Å²) in [5.74, 6) is 0.931. The summed E-state index contributed by atoms with van der Waals surface area (Å²) in [6, 6.07) is 32.8. The third-order valence-corrected chi connectivity index (χ3v) is 7.84. The summed E-state index contributed by atoms with van der Waals surface area (Å²) in [5.41, 5.74) is 9.96. The van der Waals surface area contributed by atoms with Crippen LogP contribution in [0, 0.1) is 0 Å². The molecule has 1 aliphatic heterocycles. The van der Waals surface area contributed by atoms with Gasteiger partial charge in [0, 0.05) is 19.7 Å². The van der Waals surface area contributed by atoms with Crippen LogP contribution in [0.3, 0.4) is 0 Å². The van der Waals surface area contributed by atoms with Gasteiger partial charge < -0.3 is 20.5 Å². The first kappa shape index (κ1) is 27.0. The fraction of sp³-hybridized carbons (Fsp3) is 0.118. The van der Waals surface area contributed by atoms with Gasteiger partial charge in [-0.3, -0.25) is 0 Å². The van der Waals surface area contributed by atoms with Crippen molar-refractivity contribution in [2.45, 2.75) is 0 Å². The summed E-state index contributed by atoms with van der Waals surface area (Å²) in [5, 5.41) is 20.2. The second-order valence-corrected chi connectivity index (χ2v) is 10.7. The molecule has 0 aliphatic carbocycles. The molecule has 2 heterocycles. The van der Waals surface area contributed by atoms with E-state index in [4.69, 9.17) is 0 Å². The molecule has 0 bridgehead atoms. The second kappa shape index (κ2) is 10.4. The van der Waals surface area contributed by atoms with E-state index >= 15 is 0 Å². The van der Waals surface area contributed by atoms with E-state index < -0.39 is 0 Å². The van der Waals surface area contributed by atoms with E-state index in [0.29, 0.717) is 11.7 Å². The molecule has 7 rings (SSSR count). The van der Waals surface area contributed by atoms with Crippen LogP contribution in [0.2, 0.25) is 0 Å². The Kier molecular flexibility index (Phi) is 6.39. The first-order valence-electron chi connectivity index (χ1n) is 14.1. The van der Waals surface area contributed by atoms with Gasteiger partial charge in [-0.05, 0) is 67.3 Å². The Hall–Kier alpha value is -5.90. The van der Waals surface area contributed by atoms with E-state index in [2.05, 4.69) is 93.5 Å². The first-order chi connectivity index (χ1) is 21.3. The van der Waals surface area contributed by atoms with Crippen molar-refractivity contribution in [3.8, 4) is 33.6 Å². The normalized spacial score (nSPS) is 13.4. The standard InChI is InChI=1S/C34H28N8O2/c1-39-33(43)40(2)36-31(35-39)23-13-9-11-21(19-23)29-25-15-5-7-17-27(25)30(28-18-8-6-16-26(28)29)22-12-10-14-24(20-22)32-37-41(3)34(44)42(4)38-32/h5-20H,1-4H3. The molecule has 10 heteroatoms. The van der Waals surface area contributed by atoms with Gasteiger partial charge in [0.2, 0.25) is 5.82 Å². The number of fused-ring (bicyclic) bond motifs is 2. The highest BCUT2D eigenvalue weighted by Gasteiger charge is 2.20. The third kappa shape index (κ3) is 4.44. The van der Waals surface area contributed by atoms with Crippen LogP contribution >= 0.6 is 0 Å². The Morgan fingerprint density at radius 1 is 0.659 bits per heavy atom. The summed E-state index contributed by atoms with van der Waals surface area (Å²) in [6.45, 7) is 0. The number of amidine groups is 1. The number of hydrazone groups is 1. The maximum atomic E-state index is 12.2. The van der Waals surface area contributed by atoms with E-state index in [1.807, 2.05) is 24.3 Å². The molecule has 216 valence electrons. The number of aromatic nitrogens is 4. The van der Waals surface area contributed by atoms with Crippen LogP contribution in [0.1, 0.15) is 5.56 Å². The maximum absolute atomic E-state index is 12.2. The van der Waals surface area contributed by atoms with Crippen molar-refractivity contribution in [3.63, 3.8) is 0 Å². The van der Waals surface area contributed by atoms with Crippen LogP contribution in [0.4, 0.5) is 4.79 Å². The maximum Gasteiger partial charge on any atom is 0.539 e. The third-order valence-electron chi connectivity index (χ3n) is 7.84.